The average molecular weight is 374 g/mol. The minimum Gasteiger partial charge on any atom is -0.351 e. The van der Waals surface area contributed by atoms with Crippen molar-refractivity contribution in [1.29, 1.82) is 0 Å². The summed E-state index contributed by atoms with van der Waals surface area (Å²) in [5.74, 6) is 0.875. The number of hydrogen-bond donors (Lipinski definition) is 1. The molecule has 1 heterocycles. The number of amides is 1. The van der Waals surface area contributed by atoms with Gasteiger partial charge in [-0.15, -0.1) is 0 Å². The van der Waals surface area contributed by atoms with Crippen LogP contribution >= 0.6 is 11.6 Å². The summed E-state index contributed by atoms with van der Waals surface area (Å²) in [6.07, 6.45) is 3.32. The van der Waals surface area contributed by atoms with Crippen LogP contribution in [0.15, 0.2) is 41.2 Å². The average Bonchev–Trinajstić information content (AvgIpc) is 2.62. The maximum absolute atomic E-state index is 12.4. The Hall–Kier alpha value is -2.14. The summed E-state index contributed by atoms with van der Waals surface area (Å²) < 4.78 is 1.22. The quantitative estimate of drug-likeness (QED) is 0.892. The first-order chi connectivity index (χ1) is 12.4. The van der Waals surface area contributed by atoms with E-state index in [4.69, 9.17) is 11.6 Å². The van der Waals surface area contributed by atoms with Crippen molar-refractivity contribution in [3.05, 3.63) is 51.8 Å². The van der Waals surface area contributed by atoms with Crippen molar-refractivity contribution < 1.29 is 4.79 Å². The van der Waals surface area contributed by atoms with E-state index >= 15 is 0 Å². The first kappa shape index (κ1) is 18.6. The van der Waals surface area contributed by atoms with Crippen LogP contribution in [-0.4, -0.2) is 21.7 Å². The zero-order chi connectivity index (χ0) is 18.7. The first-order valence-corrected chi connectivity index (χ1v) is 9.45. The highest BCUT2D eigenvalue weighted by molar-refractivity contribution is 6.30. The molecule has 1 saturated carbocycles. The van der Waals surface area contributed by atoms with E-state index in [2.05, 4.69) is 24.3 Å². The summed E-state index contributed by atoms with van der Waals surface area (Å²) in [7, 11) is 0. The Morgan fingerprint density at radius 3 is 2.65 bits per heavy atom. The molecule has 138 valence electrons. The van der Waals surface area contributed by atoms with Gasteiger partial charge in [0.15, 0.2) is 0 Å². The lowest BCUT2D eigenvalue weighted by atomic mass is 9.78. The highest BCUT2D eigenvalue weighted by Gasteiger charge is 2.28. The predicted octanol–water partition coefficient (Wildman–Crippen LogP) is 3.50. The highest BCUT2D eigenvalue weighted by Crippen LogP contribution is 2.29. The van der Waals surface area contributed by atoms with Crippen LogP contribution < -0.4 is 10.9 Å². The van der Waals surface area contributed by atoms with Crippen LogP contribution in [-0.2, 0) is 11.3 Å². The van der Waals surface area contributed by atoms with E-state index in [0.717, 1.165) is 18.4 Å². The van der Waals surface area contributed by atoms with Gasteiger partial charge in [-0.3, -0.25) is 9.59 Å². The van der Waals surface area contributed by atoms with E-state index in [9.17, 15) is 9.59 Å². The number of carbonyl (C=O) groups is 1. The summed E-state index contributed by atoms with van der Waals surface area (Å²) in [6.45, 7) is 4.34. The Bertz CT molecular complexity index is 832. The van der Waals surface area contributed by atoms with Crippen LogP contribution in [0.4, 0.5) is 0 Å². The molecule has 1 aromatic carbocycles. The van der Waals surface area contributed by atoms with Gasteiger partial charge in [-0.05, 0) is 36.5 Å². The molecule has 1 fully saturated rings. The summed E-state index contributed by atoms with van der Waals surface area (Å²) in [5, 5.41) is 8.06. The van der Waals surface area contributed by atoms with Gasteiger partial charge in [0.2, 0.25) is 5.91 Å². The van der Waals surface area contributed by atoms with Crippen molar-refractivity contribution in [2.24, 2.45) is 11.8 Å². The van der Waals surface area contributed by atoms with Crippen molar-refractivity contribution in [3.8, 4) is 11.3 Å². The number of rotatable bonds is 4. The SMILES string of the molecule is C[C@H]1[C@H](C)CCC[C@@H]1NC(=O)Cn1nc(-c2ccc(Cl)cc2)ccc1=O. The topological polar surface area (TPSA) is 64.0 Å². The summed E-state index contributed by atoms with van der Waals surface area (Å²) in [4.78, 5) is 24.5. The predicted molar refractivity (Wildman–Crippen MR) is 103 cm³/mol. The third-order valence-corrected chi connectivity index (χ3v) is 5.61. The van der Waals surface area contributed by atoms with Gasteiger partial charge >= 0.3 is 0 Å². The third-order valence-electron chi connectivity index (χ3n) is 5.35. The van der Waals surface area contributed by atoms with Crippen LogP contribution in [0, 0.1) is 11.8 Å². The van der Waals surface area contributed by atoms with Gasteiger partial charge in [0, 0.05) is 22.7 Å². The minimum absolute atomic E-state index is 0.0716. The Balaban J connectivity index is 1.72. The maximum Gasteiger partial charge on any atom is 0.267 e. The second kappa shape index (κ2) is 8.04. The molecule has 0 bridgehead atoms. The van der Waals surface area contributed by atoms with Gasteiger partial charge in [-0.25, -0.2) is 4.68 Å². The Labute approximate surface area is 158 Å². The van der Waals surface area contributed by atoms with Crippen LogP contribution in [0.3, 0.4) is 0 Å². The van der Waals surface area contributed by atoms with Gasteiger partial charge in [-0.1, -0.05) is 50.4 Å². The van der Waals surface area contributed by atoms with E-state index in [1.807, 2.05) is 12.1 Å². The van der Waals surface area contributed by atoms with Gasteiger partial charge < -0.3 is 5.32 Å². The Morgan fingerprint density at radius 1 is 1.19 bits per heavy atom. The second-order valence-corrected chi connectivity index (χ2v) is 7.60. The van der Waals surface area contributed by atoms with Crippen molar-refractivity contribution >= 4 is 17.5 Å². The van der Waals surface area contributed by atoms with E-state index in [0.29, 0.717) is 22.6 Å². The fourth-order valence-electron chi connectivity index (χ4n) is 3.51. The molecule has 0 aliphatic heterocycles. The number of hydrogen-bond acceptors (Lipinski definition) is 3. The largest absolute Gasteiger partial charge is 0.351 e. The Morgan fingerprint density at radius 2 is 1.92 bits per heavy atom. The zero-order valence-electron chi connectivity index (χ0n) is 15.1. The number of nitrogens with one attached hydrogen (secondary N) is 1. The normalized spacial score (nSPS) is 22.8. The molecule has 1 amide bonds. The molecule has 2 aromatic rings. The molecule has 5 nitrogen and oxygen atoms in total. The standard InChI is InChI=1S/C20H24ClN3O2/c1-13-4-3-5-17(14(13)2)22-19(25)12-24-20(26)11-10-18(23-24)15-6-8-16(21)9-7-15/h6-11,13-14,17H,3-5,12H2,1-2H3,(H,22,25)/t13-,14+,17+/m1/s1. The van der Waals surface area contributed by atoms with Crippen molar-refractivity contribution in [1.82, 2.24) is 15.1 Å². The fourth-order valence-corrected chi connectivity index (χ4v) is 3.64. The molecular formula is C20H24ClN3O2. The van der Waals surface area contributed by atoms with Gasteiger partial charge in [-0.2, -0.15) is 5.10 Å². The molecule has 26 heavy (non-hydrogen) atoms. The van der Waals surface area contributed by atoms with Gasteiger partial charge in [0.1, 0.15) is 6.54 Å². The second-order valence-electron chi connectivity index (χ2n) is 7.16. The minimum atomic E-state index is -0.289. The molecule has 1 N–H and O–H groups in total. The highest BCUT2D eigenvalue weighted by atomic mass is 35.5. The monoisotopic (exact) mass is 373 g/mol. The van der Waals surface area contributed by atoms with Gasteiger partial charge in [0.05, 0.1) is 5.69 Å². The van der Waals surface area contributed by atoms with Crippen molar-refractivity contribution in [2.75, 3.05) is 0 Å². The summed E-state index contributed by atoms with van der Waals surface area (Å²) in [6, 6.07) is 10.5. The molecule has 1 aliphatic rings. The summed E-state index contributed by atoms with van der Waals surface area (Å²) >= 11 is 5.91. The summed E-state index contributed by atoms with van der Waals surface area (Å²) in [5.41, 5.74) is 1.19. The lowest BCUT2D eigenvalue weighted by Gasteiger charge is -2.34. The molecule has 1 aliphatic carbocycles. The van der Waals surface area contributed by atoms with Gasteiger partial charge in [0.25, 0.3) is 5.56 Å². The Kier molecular flexibility index (Phi) is 5.77. The fraction of sp³-hybridized carbons (Fsp3) is 0.450. The number of benzene rings is 1. The van der Waals surface area contributed by atoms with E-state index in [-0.39, 0.29) is 24.1 Å². The van der Waals surface area contributed by atoms with Crippen LogP contribution in [0.5, 0.6) is 0 Å². The van der Waals surface area contributed by atoms with E-state index < -0.39 is 0 Å². The molecule has 3 atom stereocenters. The number of aromatic nitrogens is 2. The third kappa shape index (κ3) is 4.33. The smallest absolute Gasteiger partial charge is 0.267 e. The zero-order valence-corrected chi connectivity index (χ0v) is 15.9. The first-order valence-electron chi connectivity index (χ1n) is 9.07. The molecule has 3 rings (SSSR count). The lowest BCUT2D eigenvalue weighted by molar-refractivity contribution is -0.123. The number of carbonyl (C=O) groups excluding carboxylic acids is 1. The number of halogens is 1. The molecule has 0 unspecified atom stereocenters. The lowest BCUT2D eigenvalue weighted by Crippen LogP contribution is -2.45. The van der Waals surface area contributed by atoms with E-state index in [1.165, 1.54) is 17.2 Å². The maximum atomic E-state index is 12.4. The van der Waals surface area contributed by atoms with Crippen LogP contribution in [0.2, 0.25) is 5.02 Å². The molecule has 0 saturated heterocycles. The molecule has 0 spiro atoms. The molecular weight excluding hydrogens is 350 g/mol. The van der Waals surface area contributed by atoms with Crippen molar-refractivity contribution in [3.63, 3.8) is 0 Å². The van der Waals surface area contributed by atoms with Crippen LogP contribution in [0.25, 0.3) is 11.3 Å². The molecule has 1 aromatic heterocycles. The van der Waals surface area contributed by atoms with E-state index in [1.54, 1.807) is 18.2 Å². The number of nitrogens with zero attached hydrogens (tertiary/aromatic N) is 2. The molecule has 6 heteroatoms. The molecule has 0 radical (unpaired) electrons. The van der Waals surface area contributed by atoms with Crippen molar-refractivity contribution in [2.45, 2.75) is 45.7 Å². The van der Waals surface area contributed by atoms with Crippen LogP contribution in [0.1, 0.15) is 33.1 Å².